The Balaban J connectivity index is 7.30. The number of ether oxygens (including phenoxy) is 1. The minimum atomic E-state index is -9.82. The predicted octanol–water partition coefficient (Wildman–Crippen LogP) is 9.16. The number of hydrogen-bond donors (Lipinski definition) is 0. The van der Waals surface area contributed by atoms with Crippen LogP contribution in [0.2, 0.25) is 0 Å². The summed E-state index contributed by atoms with van der Waals surface area (Å²) in [6, 6.07) is 0. The fraction of sp³-hybridized carbons (Fsp3) is 0.812. The third kappa shape index (κ3) is 5.40. The molecule has 2 nitrogen and oxygen atoms in total. The highest BCUT2D eigenvalue weighted by Gasteiger charge is 3.00. The molecule has 0 spiro atoms. The van der Waals surface area contributed by atoms with E-state index in [1.807, 2.05) is 0 Å². The highest BCUT2D eigenvalue weighted by atomic mass is 19.4. The number of rotatable bonds is 12. The average Bonchev–Trinajstić information content (AvgIpc) is 2.80. The highest BCUT2D eigenvalue weighted by molar-refractivity contribution is 5.89. The van der Waals surface area contributed by atoms with E-state index in [0.29, 0.717) is 0 Å². The van der Waals surface area contributed by atoms with Gasteiger partial charge in [0, 0.05) is 0 Å². The summed E-state index contributed by atoms with van der Waals surface area (Å²) in [6.45, 7) is 1.48. The molecule has 0 N–H and O–H groups in total. The summed E-state index contributed by atoms with van der Waals surface area (Å²) in [5.41, 5.74) is -3.44. The summed E-state index contributed by atoms with van der Waals surface area (Å²) in [7, 11) is 0. The average molecular weight is 758 g/mol. The van der Waals surface area contributed by atoms with Gasteiger partial charge in [-0.25, -0.2) is 4.79 Å². The minimum Gasteiger partial charge on any atom is -0.392 e. The lowest BCUT2D eigenvalue weighted by Crippen LogP contribution is -2.78. The molecule has 0 unspecified atom stereocenters. The molecule has 0 aliphatic carbocycles. The first-order valence-electron chi connectivity index (χ1n) is 9.51. The van der Waals surface area contributed by atoms with Gasteiger partial charge in [-0.3, -0.25) is 0 Å². The summed E-state index contributed by atoms with van der Waals surface area (Å²) in [5, 5.41) is 0. The Kier molecular flexibility index (Phi) is 9.99. The zero-order chi connectivity index (χ0) is 38.4. The molecule has 0 aromatic rings. The number of carbonyl (C=O) groups excluding carboxylic acids is 1. The molecule has 0 aromatic carbocycles. The first kappa shape index (κ1) is 43.2. The van der Waals surface area contributed by atoms with E-state index in [1.165, 1.54) is 6.58 Å². The predicted molar refractivity (Wildman–Crippen MR) is 81.8 cm³/mol. The highest BCUT2D eigenvalue weighted by Crippen LogP contribution is 2.67. The molecule has 0 radical (unpaired) electrons. The van der Waals surface area contributed by atoms with Crippen LogP contribution in [0.15, 0.2) is 12.2 Å². The van der Waals surface area contributed by atoms with E-state index >= 15 is 0 Å². The van der Waals surface area contributed by atoms with Gasteiger partial charge in [-0.15, -0.1) is 0 Å². The normalized spacial score (nSPS) is 16.4. The van der Waals surface area contributed by atoms with Crippen LogP contribution < -0.4 is 0 Å². The summed E-state index contributed by atoms with van der Waals surface area (Å²) >= 11 is 0. The lowest BCUT2D eigenvalue weighted by atomic mass is 9.85. The van der Waals surface area contributed by atoms with Gasteiger partial charge in [0.25, 0.3) is 0 Å². The third-order valence-electron chi connectivity index (χ3n) is 5.08. The van der Waals surface area contributed by atoms with Crippen LogP contribution in [0.1, 0.15) is 0 Å². The van der Waals surface area contributed by atoms with E-state index in [9.17, 15) is 128 Å². The SMILES string of the molecule is C=C(C(=O)OC(F)(F)C(F)(F)C(F)(F)C(F)(F)C(F)(F)C(F)(F)C(F)(F)C(F)(F)C(F)(F)C(F)(F)C(F)(F)C(F)(F)F)C(F)(F)F. The van der Waals surface area contributed by atoms with Crippen LogP contribution in [-0.4, -0.2) is 83.7 Å². The zero-order valence-corrected chi connectivity index (χ0v) is 19.6. The van der Waals surface area contributed by atoms with Crippen LogP contribution in [0.5, 0.6) is 0 Å². The number of alkyl halides is 28. The van der Waals surface area contributed by atoms with E-state index in [2.05, 4.69) is 0 Å². The van der Waals surface area contributed by atoms with Gasteiger partial charge in [-0.05, 0) is 0 Å². The van der Waals surface area contributed by atoms with Gasteiger partial charge >= 0.3 is 83.7 Å². The molecule has 0 saturated heterocycles. The van der Waals surface area contributed by atoms with Crippen LogP contribution in [0, 0.1) is 0 Å². The molecular weight excluding hydrogens is 756 g/mol. The smallest absolute Gasteiger partial charge is 0.392 e. The minimum absolute atomic E-state index is 1.48. The third-order valence-corrected chi connectivity index (χ3v) is 5.08. The molecule has 30 heteroatoms. The van der Waals surface area contributed by atoms with Gasteiger partial charge in [0.1, 0.15) is 5.57 Å². The van der Waals surface area contributed by atoms with Crippen molar-refractivity contribution in [1.29, 1.82) is 0 Å². The van der Waals surface area contributed by atoms with Gasteiger partial charge < -0.3 is 4.74 Å². The maximum absolute atomic E-state index is 13.7. The van der Waals surface area contributed by atoms with Crippen molar-refractivity contribution >= 4 is 5.97 Å². The second kappa shape index (κ2) is 10.6. The topological polar surface area (TPSA) is 26.3 Å². The summed E-state index contributed by atoms with van der Waals surface area (Å²) < 4.78 is 370. The van der Waals surface area contributed by atoms with Gasteiger partial charge in [-0.1, -0.05) is 6.58 Å². The standard InChI is InChI=1S/C16H2F28O2/c1-2(4(17,18)19)3(45)46-16(43,44)14(38,39)12(34,35)10(30,31)8(26,27)6(22,23)5(20,21)7(24,25)9(28,29)11(32,33)13(36,37)15(40,41)42/h1H2. The van der Waals surface area contributed by atoms with Crippen molar-refractivity contribution in [3.8, 4) is 0 Å². The van der Waals surface area contributed by atoms with Gasteiger partial charge in [0.2, 0.25) is 0 Å². The molecule has 0 heterocycles. The van der Waals surface area contributed by atoms with Crippen molar-refractivity contribution in [3.63, 3.8) is 0 Å². The number of carbonyl (C=O) groups is 1. The molecule has 0 atom stereocenters. The molecule has 0 amide bonds. The fourth-order valence-electron chi connectivity index (χ4n) is 2.30. The Hall–Kier alpha value is -2.75. The van der Waals surface area contributed by atoms with E-state index in [0.717, 1.165) is 0 Å². The summed E-state index contributed by atoms with van der Waals surface area (Å²) in [5.74, 6) is -98.6. The van der Waals surface area contributed by atoms with Gasteiger partial charge in [-0.2, -0.15) is 123 Å². The Morgan fingerprint density at radius 2 is 0.543 bits per heavy atom. The first-order valence-corrected chi connectivity index (χ1v) is 9.51. The Bertz CT molecular complexity index is 1170. The largest absolute Gasteiger partial charge is 0.473 e. The second-order valence-electron chi connectivity index (χ2n) is 8.12. The van der Waals surface area contributed by atoms with Crippen LogP contribution in [0.25, 0.3) is 0 Å². The number of hydrogen-bond acceptors (Lipinski definition) is 2. The zero-order valence-electron chi connectivity index (χ0n) is 19.6. The Labute approximate surface area is 229 Å². The fourth-order valence-corrected chi connectivity index (χ4v) is 2.30. The Morgan fingerprint density at radius 3 is 0.739 bits per heavy atom. The van der Waals surface area contributed by atoms with E-state index in [4.69, 9.17) is 0 Å². The van der Waals surface area contributed by atoms with Crippen LogP contribution in [0.4, 0.5) is 123 Å². The van der Waals surface area contributed by atoms with Crippen molar-refractivity contribution < 1.29 is 132 Å². The number of halogens is 28. The maximum atomic E-state index is 13.7. The molecule has 0 aliphatic rings. The lowest BCUT2D eigenvalue weighted by Gasteiger charge is -2.45. The summed E-state index contributed by atoms with van der Waals surface area (Å²) in [6.07, 6.45) is -22.7. The lowest BCUT2D eigenvalue weighted by molar-refractivity contribution is -0.487. The van der Waals surface area contributed by atoms with Crippen LogP contribution >= 0.6 is 0 Å². The van der Waals surface area contributed by atoms with Crippen molar-refractivity contribution in [2.45, 2.75) is 77.7 Å². The molecular formula is C16H2F28O2. The molecule has 0 aromatic heterocycles. The van der Waals surface area contributed by atoms with Crippen LogP contribution in [0.3, 0.4) is 0 Å². The molecule has 274 valence electrons. The first-order chi connectivity index (χ1) is 19.3. The second-order valence-corrected chi connectivity index (χ2v) is 8.12. The molecule has 0 fully saturated rings. The van der Waals surface area contributed by atoms with Gasteiger partial charge in [0.15, 0.2) is 0 Å². The molecule has 0 saturated carbocycles. The number of esters is 1. The molecule has 0 aliphatic heterocycles. The van der Waals surface area contributed by atoms with E-state index in [-0.39, 0.29) is 0 Å². The molecule has 0 rings (SSSR count). The maximum Gasteiger partial charge on any atom is 0.473 e. The molecule has 0 bridgehead atoms. The van der Waals surface area contributed by atoms with E-state index < -0.39 is 89.2 Å². The summed E-state index contributed by atoms with van der Waals surface area (Å²) in [4.78, 5) is 10.7. The van der Waals surface area contributed by atoms with Crippen molar-refractivity contribution in [3.05, 3.63) is 12.2 Å². The van der Waals surface area contributed by atoms with Crippen molar-refractivity contribution in [2.75, 3.05) is 0 Å². The van der Waals surface area contributed by atoms with Crippen molar-refractivity contribution in [1.82, 2.24) is 0 Å². The quantitative estimate of drug-likeness (QED) is 0.113. The van der Waals surface area contributed by atoms with E-state index in [1.54, 1.807) is 4.74 Å². The Morgan fingerprint density at radius 1 is 0.348 bits per heavy atom. The van der Waals surface area contributed by atoms with Crippen LogP contribution in [-0.2, 0) is 9.53 Å². The monoisotopic (exact) mass is 758 g/mol. The van der Waals surface area contributed by atoms with Gasteiger partial charge in [0.05, 0.1) is 0 Å². The molecule has 46 heavy (non-hydrogen) atoms. The van der Waals surface area contributed by atoms with Crippen molar-refractivity contribution in [2.24, 2.45) is 0 Å².